The molecule has 0 amide bonds. The van der Waals surface area contributed by atoms with Crippen molar-refractivity contribution in [3.63, 3.8) is 0 Å². The van der Waals surface area contributed by atoms with E-state index in [2.05, 4.69) is 10.2 Å². The molecule has 0 atom stereocenters. The number of aromatic nitrogens is 1. The van der Waals surface area contributed by atoms with Crippen molar-refractivity contribution in [1.82, 2.24) is 4.98 Å². The van der Waals surface area contributed by atoms with Gasteiger partial charge in [-0.3, -0.25) is 0 Å². The Balaban J connectivity index is 2.83. The van der Waals surface area contributed by atoms with Gasteiger partial charge in [0.25, 0.3) is 0 Å². The van der Waals surface area contributed by atoms with E-state index in [0.717, 1.165) is 5.58 Å². The predicted molar refractivity (Wildman–Crippen MR) is 35.0 cm³/mol. The van der Waals surface area contributed by atoms with Crippen molar-refractivity contribution in [2.24, 2.45) is 0 Å². The zero-order valence-electron chi connectivity index (χ0n) is 4.33. The maximum atomic E-state index is 5.06. The Morgan fingerprint density at radius 3 is 3.00 bits per heavy atom. The van der Waals surface area contributed by atoms with Crippen molar-refractivity contribution in [2.75, 3.05) is 5.23 Å². The quantitative estimate of drug-likeness (QED) is 0.501. The normalized spacial score (nSPS) is 8.00. The van der Waals surface area contributed by atoms with Crippen LogP contribution in [0.3, 0.4) is 0 Å². The molecule has 4 heteroatoms. The maximum absolute atomic E-state index is 5.06. The Labute approximate surface area is 50.0 Å². The predicted octanol–water partition coefficient (Wildman–Crippen LogP) is -0.0849. The molecule has 1 rings (SSSR count). The van der Waals surface area contributed by atoms with Crippen LogP contribution < -0.4 is 5.23 Å². The van der Waals surface area contributed by atoms with Gasteiger partial charge in [-0.15, -0.1) is 0 Å². The van der Waals surface area contributed by atoms with Gasteiger partial charge in [0.15, 0.2) is 0 Å². The van der Waals surface area contributed by atoms with Crippen LogP contribution in [0, 0.1) is 0 Å². The molecule has 0 fully saturated rings. The van der Waals surface area contributed by atoms with Crippen molar-refractivity contribution in [3.8, 4) is 0 Å². The summed E-state index contributed by atoms with van der Waals surface area (Å²) in [5.74, 6) is 1.81. The van der Waals surface area contributed by atoms with Gasteiger partial charge in [0.05, 0.1) is 0 Å². The van der Waals surface area contributed by atoms with Gasteiger partial charge < -0.3 is 0 Å². The molecule has 1 heterocycles. The van der Waals surface area contributed by atoms with Gasteiger partial charge in [0, 0.05) is 0 Å². The van der Waals surface area contributed by atoms with Gasteiger partial charge in [-0.25, -0.2) is 0 Å². The summed E-state index contributed by atoms with van der Waals surface area (Å²) in [6.45, 7) is 1.84. The van der Waals surface area contributed by atoms with E-state index in [9.17, 15) is 0 Å². The number of rotatable bonds is 1. The first-order chi connectivity index (χ1) is 3.93. The van der Waals surface area contributed by atoms with Crippen molar-refractivity contribution in [2.45, 2.75) is 0 Å². The van der Waals surface area contributed by atoms with Crippen LogP contribution >= 0.6 is 0 Å². The van der Waals surface area contributed by atoms with Crippen LogP contribution in [0.5, 0.6) is 0 Å². The molecule has 0 aliphatic rings. The minimum atomic E-state index is 0.826. The Morgan fingerprint density at radius 2 is 2.62 bits per heavy atom. The fraction of sp³-hybridized carbons (Fsp3) is 0. The van der Waals surface area contributed by atoms with E-state index in [1.165, 1.54) is 0 Å². The molecular weight excluding hydrogens is 97.7 g/mol. The molecule has 0 bridgehead atoms. The van der Waals surface area contributed by atoms with Crippen LogP contribution in [-0.2, 0) is 0 Å². The van der Waals surface area contributed by atoms with Gasteiger partial charge >= 0.3 is 49.0 Å². The fourth-order valence-corrected chi connectivity index (χ4v) is 0.448. The molecule has 0 saturated carbocycles. The Hall–Kier alpha value is -0.790. The first-order valence-corrected chi connectivity index (χ1v) is 2.30. The second-order valence-electron chi connectivity index (χ2n) is 1.39. The number of hydrogen-bond donors (Lipinski definition) is 1. The number of nitrogens with one attached hydrogen (secondary N) is 1. The summed E-state index contributed by atoms with van der Waals surface area (Å²) >= 11 is 0. The summed E-state index contributed by atoms with van der Waals surface area (Å²) in [5, 5.41) is 2.46. The van der Waals surface area contributed by atoms with Crippen LogP contribution in [0.1, 0.15) is 0 Å². The van der Waals surface area contributed by atoms with Crippen LogP contribution in [0.4, 0.5) is 5.58 Å². The standard InChI is InChI=1S/C4H4B2N2/c5-8-4-3-7-2-1-6-4/h1-3,8H. The van der Waals surface area contributed by atoms with Crippen LogP contribution in [0.15, 0.2) is 18.4 Å². The first-order valence-electron chi connectivity index (χ1n) is 2.30. The molecule has 8 heavy (non-hydrogen) atoms. The van der Waals surface area contributed by atoms with E-state index in [4.69, 9.17) is 7.98 Å². The van der Waals surface area contributed by atoms with Crippen molar-refractivity contribution >= 4 is 20.5 Å². The fourth-order valence-electron chi connectivity index (χ4n) is 0.448. The summed E-state index contributed by atoms with van der Waals surface area (Å²) in [5.41, 5.74) is 0.826. The zero-order chi connectivity index (χ0) is 5.82. The molecule has 2 nitrogen and oxygen atoms in total. The number of nitrogens with zero attached hydrogens (tertiary/aromatic N) is 1. The van der Waals surface area contributed by atoms with E-state index in [-0.39, 0.29) is 0 Å². The van der Waals surface area contributed by atoms with Gasteiger partial charge in [-0.2, -0.15) is 0 Å². The van der Waals surface area contributed by atoms with E-state index in [1.807, 2.05) is 12.9 Å². The van der Waals surface area contributed by atoms with E-state index < -0.39 is 0 Å². The second kappa shape index (κ2) is 2.50. The van der Waals surface area contributed by atoms with Gasteiger partial charge in [0.1, 0.15) is 0 Å². The van der Waals surface area contributed by atoms with Crippen molar-refractivity contribution in [1.29, 1.82) is 0 Å². The third-order valence-corrected chi connectivity index (χ3v) is 0.828. The zero-order valence-corrected chi connectivity index (χ0v) is 4.33. The SMILES string of the molecule is [B]Nc1bccnc1. The number of anilines is 1. The molecular formula is C4H4B2N2. The molecule has 0 aromatic carbocycles. The van der Waals surface area contributed by atoms with Crippen LogP contribution in [-0.4, -0.2) is 19.9 Å². The molecule has 36 valence electrons. The van der Waals surface area contributed by atoms with Gasteiger partial charge in [-0.1, -0.05) is 0 Å². The topological polar surface area (TPSA) is 24.9 Å². The Morgan fingerprint density at radius 1 is 1.75 bits per heavy atom. The molecule has 0 spiro atoms. The average molecular weight is 102 g/mol. The van der Waals surface area contributed by atoms with E-state index >= 15 is 0 Å². The molecule has 0 aliphatic carbocycles. The van der Waals surface area contributed by atoms with Gasteiger partial charge in [0.2, 0.25) is 0 Å². The van der Waals surface area contributed by atoms with Crippen molar-refractivity contribution < 1.29 is 0 Å². The second-order valence-corrected chi connectivity index (χ2v) is 1.39. The summed E-state index contributed by atoms with van der Waals surface area (Å²) in [6, 6.07) is 0. The molecule has 0 aliphatic heterocycles. The molecule has 0 unspecified atom stereocenters. The monoisotopic (exact) mass is 102 g/mol. The Kier molecular flexibility index (Phi) is 1.67. The number of hydrogen-bond acceptors (Lipinski definition) is 2. The summed E-state index contributed by atoms with van der Waals surface area (Å²) in [4.78, 5) is 3.81. The summed E-state index contributed by atoms with van der Waals surface area (Å²) in [6.07, 6.45) is 3.35. The van der Waals surface area contributed by atoms with E-state index in [0.29, 0.717) is 0 Å². The summed E-state index contributed by atoms with van der Waals surface area (Å²) < 4.78 is 0. The molecule has 1 N–H and O–H groups in total. The molecule has 1 aromatic rings. The van der Waals surface area contributed by atoms with Gasteiger partial charge in [-0.05, 0) is 0 Å². The molecule has 0 saturated heterocycles. The third-order valence-electron chi connectivity index (χ3n) is 0.828. The first kappa shape index (κ1) is 5.35. The minimum absolute atomic E-state index is 0.826. The average Bonchev–Trinajstić information content (AvgIpc) is 1.90. The van der Waals surface area contributed by atoms with Crippen LogP contribution in [0.25, 0.3) is 0 Å². The molecule has 2 radical (unpaired) electrons. The Bertz CT molecular complexity index is 153. The summed E-state index contributed by atoms with van der Waals surface area (Å²) in [7, 11) is 5.06. The molecule has 1 aromatic heterocycles. The van der Waals surface area contributed by atoms with Crippen molar-refractivity contribution in [3.05, 3.63) is 18.4 Å². The van der Waals surface area contributed by atoms with Crippen LogP contribution in [0.2, 0.25) is 0 Å². The third kappa shape index (κ3) is 1.09. The van der Waals surface area contributed by atoms with E-state index in [1.54, 1.807) is 12.4 Å².